The summed E-state index contributed by atoms with van der Waals surface area (Å²) in [5.41, 5.74) is 1.18. The van der Waals surface area contributed by atoms with Crippen LogP contribution in [0.5, 0.6) is 0 Å². The molecule has 0 nitrogen and oxygen atoms in total. The molecule has 0 aromatic carbocycles. The maximum atomic E-state index is 5.78. The van der Waals surface area contributed by atoms with Crippen LogP contribution in [0.4, 0.5) is 0 Å². The standard InChI is InChI=1S/C14H23Cl/c1-7-13(8-12(6)15)9-14(10(2)3)11(4)5/h7-8,10-11,14H,1,6,9H2,2-5H3/b13-8+. The molecule has 0 saturated carbocycles. The van der Waals surface area contributed by atoms with Gasteiger partial charge in [-0.1, -0.05) is 58.5 Å². The first kappa shape index (κ1) is 14.5. The molecule has 0 aliphatic rings. The number of hydrogen-bond donors (Lipinski definition) is 0. The molecule has 0 unspecified atom stereocenters. The van der Waals surface area contributed by atoms with Crippen LogP contribution in [-0.4, -0.2) is 0 Å². The van der Waals surface area contributed by atoms with Gasteiger partial charge >= 0.3 is 0 Å². The summed E-state index contributed by atoms with van der Waals surface area (Å²) in [6, 6.07) is 0. The van der Waals surface area contributed by atoms with Crippen LogP contribution in [0.2, 0.25) is 0 Å². The molecule has 0 aliphatic carbocycles. The van der Waals surface area contributed by atoms with Crippen LogP contribution >= 0.6 is 11.6 Å². The SMILES string of the molecule is C=C/C(=C\C(=C)Cl)CC(C(C)C)C(C)C. The summed E-state index contributed by atoms with van der Waals surface area (Å²) in [7, 11) is 0. The van der Waals surface area contributed by atoms with Crippen molar-refractivity contribution in [1.29, 1.82) is 0 Å². The molecule has 0 aliphatic heterocycles. The lowest BCUT2D eigenvalue weighted by atomic mass is 9.81. The predicted octanol–water partition coefficient (Wildman–Crippen LogP) is 5.17. The van der Waals surface area contributed by atoms with Crippen molar-refractivity contribution in [2.24, 2.45) is 17.8 Å². The Labute approximate surface area is 99.7 Å². The molecule has 0 N–H and O–H groups in total. The topological polar surface area (TPSA) is 0 Å². The summed E-state index contributed by atoms with van der Waals surface area (Å²) in [4.78, 5) is 0. The highest BCUT2D eigenvalue weighted by molar-refractivity contribution is 6.30. The Morgan fingerprint density at radius 1 is 1.20 bits per heavy atom. The Bertz CT molecular complexity index is 238. The highest BCUT2D eigenvalue weighted by atomic mass is 35.5. The van der Waals surface area contributed by atoms with E-state index < -0.39 is 0 Å². The van der Waals surface area contributed by atoms with Crippen LogP contribution in [0.3, 0.4) is 0 Å². The van der Waals surface area contributed by atoms with E-state index in [1.54, 1.807) is 0 Å². The second-order valence-corrected chi connectivity index (χ2v) is 5.21. The molecule has 0 bridgehead atoms. The molecule has 0 saturated heterocycles. The van der Waals surface area contributed by atoms with Crippen LogP contribution in [0.15, 0.2) is 35.9 Å². The molecule has 0 radical (unpaired) electrons. The maximum absolute atomic E-state index is 5.78. The maximum Gasteiger partial charge on any atom is 0.0336 e. The van der Waals surface area contributed by atoms with Gasteiger partial charge in [0.1, 0.15) is 0 Å². The second-order valence-electron chi connectivity index (χ2n) is 4.73. The average molecular weight is 227 g/mol. The highest BCUT2D eigenvalue weighted by Crippen LogP contribution is 2.28. The van der Waals surface area contributed by atoms with Crippen molar-refractivity contribution >= 4 is 11.6 Å². The third-order valence-electron chi connectivity index (χ3n) is 2.79. The lowest BCUT2D eigenvalue weighted by Crippen LogP contribution is -2.16. The molecule has 0 amide bonds. The van der Waals surface area contributed by atoms with Gasteiger partial charge < -0.3 is 0 Å². The zero-order valence-corrected chi connectivity index (χ0v) is 11.1. The van der Waals surface area contributed by atoms with Crippen LogP contribution in [0.1, 0.15) is 34.1 Å². The fourth-order valence-corrected chi connectivity index (χ4v) is 2.06. The zero-order valence-electron chi connectivity index (χ0n) is 10.4. The molecule has 0 spiro atoms. The summed E-state index contributed by atoms with van der Waals surface area (Å²) < 4.78 is 0. The van der Waals surface area contributed by atoms with Gasteiger partial charge in [-0.05, 0) is 35.8 Å². The van der Waals surface area contributed by atoms with Crippen molar-refractivity contribution in [1.82, 2.24) is 0 Å². The molecule has 0 heterocycles. The van der Waals surface area contributed by atoms with Gasteiger partial charge in [0.05, 0.1) is 0 Å². The van der Waals surface area contributed by atoms with Gasteiger partial charge in [-0.2, -0.15) is 0 Å². The molecule has 15 heavy (non-hydrogen) atoms. The highest BCUT2D eigenvalue weighted by Gasteiger charge is 2.17. The molecular weight excluding hydrogens is 204 g/mol. The number of rotatable bonds is 6. The summed E-state index contributed by atoms with van der Waals surface area (Å²) >= 11 is 5.78. The molecule has 0 aromatic heterocycles. The molecular formula is C14H23Cl. The largest absolute Gasteiger partial charge is 0.0988 e. The Kier molecular flexibility index (Phi) is 6.67. The van der Waals surface area contributed by atoms with Gasteiger partial charge in [-0.25, -0.2) is 0 Å². The zero-order chi connectivity index (χ0) is 12.0. The normalized spacial score (nSPS) is 12.7. The number of allylic oxidation sites excluding steroid dienone is 4. The van der Waals surface area contributed by atoms with Crippen molar-refractivity contribution in [2.75, 3.05) is 0 Å². The summed E-state index contributed by atoms with van der Waals surface area (Å²) in [6.45, 7) is 16.6. The van der Waals surface area contributed by atoms with Crippen LogP contribution in [0, 0.1) is 17.8 Å². The van der Waals surface area contributed by atoms with E-state index in [1.165, 1.54) is 5.57 Å². The van der Waals surface area contributed by atoms with Gasteiger partial charge in [0.15, 0.2) is 0 Å². The van der Waals surface area contributed by atoms with Crippen molar-refractivity contribution in [3.8, 4) is 0 Å². The lowest BCUT2D eigenvalue weighted by Gasteiger charge is -2.25. The molecule has 0 aromatic rings. The third kappa shape index (κ3) is 5.84. The lowest BCUT2D eigenvalue weighted by molar-refractivity contribution is 0.287. The average Bonchev–Trinajstić information content (AvgIpc) is 2.10. The van der Waals surface area contributed by atoms with Crippen molar-refractivity contribution in [3.63, 3.8) is 0 Å². The summed E-state index contributed by atoms with van der Waals surface area (Å²) in [5, 5.41) is 0.580. The molecule has 0 atom stereocenters. The van der Waals surface area contributed by atoms with E-state index in [4.69, 9.17) is 11.6 Å². The summed E-state index contributed by atoms with van der Waals surface area (Å²) in [6.07, 6.45) is 4.82. The first-order valence-electron chi connectivity index (χ1n) is 5.55. The van der Waals surface area contributed by atoms with Crippen molar-refractivity contribution in [2.45, 2.75) is 34.1 Å². The van der Waals surface area contributed by atoms with Crippen LogP contribution in [0.25, 0.3) is 0 Å². The minimum Gasteiger partial charge on any atom is -0.0988 e. The Hall–Kier alpha value is -0.490. The fourth-order valence-electron chi connectivity index (χ4n) is 1.92. The van der Waals surface area contributed by atoms with Crippen molar-refractivity contribution in [3.05, 3.63) is 35.9 Å². The second kappa shape index (κ2) is 6.90. The van der Waals surface area contributed by atoms with E-state index in [1.807, 2.05) is 12.2 Å². The quantitative estimate of drug-likeness (QED) is 0.548. The number of hydrogen-bond acceptors (Lipinski definition) is 0. The Morgan fingerprint density at radius 3 is 1.93 bits per heavy atom. The first-order chi connectivity index (χ1) is 6.88. The van der Waals surface area contributed by atoms with Gasteiger partial charge in [0.25, 0.3) is 0 Å². The van der Waals surface area contributed by atoms with Crippen molar-refractivity contribution < 1.29 is 0 Å². The van der Waals surface area contributed by atoms with Crippen LogP contribution < -0.4 is 0 Å². The molecule has 0 fully saturated rings. The Morgan fingerprint density at radius 2 is 1.67 bits per heavy atom. The Balaban J connectivity index is 4.63. The minimum absolute atomic E-state index is 0.580. The smallest absolute Gasteiger partial charge is 0.0336 e. The van der Waals surface area contributed by atoms with E-state index >= 15 is 0 Å². The number of halogens is 1. The van der Waals surface area contributed by atoms with E-state index in [2.05, 4.69) is 40.9 Å². The molecule has 86 valence electrons. The molecule has 0 rings (SSSR count). The van der Waals surface area contributed by atoms with E-state index in [-0.39, 0.29) is 0 Å². The monoisotopic (exact) mass is 226 g/mol. The van der Waals surface area contributed by atoms with Gasteiger partial charge in [-0.15, -0.1) is 0 Å². The van der Waals surface area contributed by atoms with E-state index in [0.29, 0.717) is 22.8 Å². The van der Waals surface area contributed by atoms with Gasteiger partial charge in [-0.3, -0.25) is 0 Å². The fraction of sp³-hybridized carbons (Fsp3) is 0.571. The first-order valence-corrected chi connectivity index (χ1v) is 5.93. The van der Waals surface area contributed by atoms with Gasteiger partial charge in [0.2, 0.25) is 0 Å². The van der Waals surface area contributed by atoms with E-state index in [9.17, 15) is 0 Å². The van der Waals surface area contributed by atoms with Gasteiger partial charge in [0, 0.05) is 5.03 Å². The third-order valence-corrected chi connectivity index (χ3v) is 2.90. The van der Waals surface area contributed by atoms with E-state index in [0.717, 1.165) is 6.42 Å². The minimum atomic E-state index is 0.580. The molecule has 1 heteroatoms. The predicted molar refractivity (Wildman–Crippen MR) is 71.1 cm³/mol. The summed E-state index contributed by atoms with van der Waals surface area (Å²) in [5.74, 6) is 2.03. The van der Waals surface area contributed by atoms with Crippen LogP contribution in [-0.2, 0) is 0 Å².